The van der Waals surface area contributed by atoms with Gasteiger partial charge in [0.25, 0.3) is 5.91 Å². The van der Waals surface area contributed by atoms with E-state index in [1.807, 2.05) is 12.1 Å². The summed E-state index contributed by atoms with van der Waals surface area (Å²) in [5.41, 5.74) is 0.653. The molecule has 0 bridgehead atoms. The Balaban J connectivity index is 0.00000441. The monoisotopic (exact) mass is 482 g/mol. The fraction of sp³-hybridized carbons (Fsp3) is 0.467. The molecule has 0 fully saturated rings. The van der Waals surface area contributed by atoms with Gasteiger partial charge in [0.2, 0.25) is 0 Å². The van der Waals surface area contributed by atoms with Gasteiger partial charge in [-0.25, -0.2) is 0 Å². The van der Waals surface area contributed by atoms with Crippen molar-refractivity contribution >= 4 is 51.8 Å². The SMILES string of the molecule is CCC(C)NC(=NC)NCCNC(=O)c1ccc(Br)cc1.I. The van der Waals surface area contributed by atoms with Gasteiger partial charge in [-0.2, -0.15) is 0 Å². The van der Waals surface area contributed by atoms with Gasteiger partial charge in [-0.3, -0.25) is 9.79 Å². The van der Waals surface area contributed by atoms with Crippen LogP contribution in [0.25, 0.3) is 0 Å². The molecule has 7 heteroatoms. The van der Waals surface area contributed by atoms with Gasteiger partial charge in [0.05, 0.1) is 0 Å². The Morgan fingerprint density at radius 1 is 1.23 bits per heavy atom. The molecule has 1 aromatic carbocycles. The fourth-order valence-corrected chi connectivity index (χ4v) is 1.85. The minimum absolute atomic E-state index is 0. The first-order chi connectivity index (χ1) is 10.1. The van der Waals surface area contributed by atoms with Gasteiger partial charge in [0, 0.05) is 36.2 Å². The van der Waals surface area contributed by atoms with Gasteiger partial charge in [0.15, 0.2) is 5.96 Å². The molecular formula is C15H24BrIN4O. The number of carbonyl (C=O) groups excluding carboxylic acids is 1. The van der Waals surface area contributed by atoms with E-state index in [-0.39, 0.29) is 29.9 Å². The molecule has 1 aromatic rings. The maximum atomic E-state index is 11.9. The number of nitrogens with one attached hydrogen (secondary N) is 3. The van der Waals surface area contributed by atoms with E-state index >= 15 is 0 Å². The van der Waals surface area contributed by atoms with Crippen molar-refractivity contribution in [3.8, 4) is 0 Å². The summed E-state index contributed by atoms with van der Waals surface area (Å²) in [4.78, 5) is 16.0. The van der Waals surface area contributed by atoms with Crippen LogP contribution in [0.3, 0.4) is 0 Å². The molecule has 0 radical (unpaired) electrons. The highest BCUT2D eigenvalue weighted by Gasteiger charge is 2.05. The Morgan fingerprint density at radius 2 is 1.82 bits per heavy atom. The molecule has 0 spiro atoms. The molecule has 1 amide bonds. The molecule has 22 heavy (non-hydrogen) atoms. The molecule has 0 heterocycles. The molecule has 3 N–H and O–H groups in total. The molecular weight excluding hydrogens is 459 g/mol. The number of benzene rings is 1. The summed E-state index contributed by atoms with van der Waals surface area (Å²) >= 11 is 3.35. The van der Waals surface area contributed by atoms with Crippen molar-refractivity contribution in [2.75, 3.05) is 20.1 Å². The lowest BCUT2D eigenvalue weighted by molar-refractivity contribution is 0.0954. The molecule has 5 nitrogen and oxygen atoms in total. The fourth-order valence-electron chi connectivity index (χ4n) is 1.59. The van der Waals surface area contributed by atoms with Crippen molar-refractivity contribution in [3.63, 3.8) is 0 Å². The van der Waals surface area contributed by atoms with E-state index in [0.29, 0.717) is 24.7 Å². The first-order valence-electron chi connectivity index (χ1n) is 7.07. The second-order valence-corrected chi connectivity index (χ2v) is 5.63. The van der Waals surface area contributed by atoms with Gasteiger partial charge in [-0.15, -0.1) is 24.0 Å². The van der Waals surface area contributed by atoms with Crippen molar-refractivity contribution in [1.82, 2.24) is 16.0 Å². The number of halogens is 2. The highest BCUT2D eigenvalue weighted by molar-refractivity contribution is 14.0. The van der Waals surface area contributed by atoms with Crippen LogP contribution in [0.1, 0.15) is 30.6 Å². The molecule has 0 aromatic heterocycles. The normalized spacial score (nSPS) is 12.1. The highest BCUT2D eigenvalue weighted by atomic mass is 127. The topological polar surface area (TPSA) is 65.5 Å². The lowest BCUT2D eigenvalue weighted by Gasteiger charge is -2.16. The van der Waals surface area contributed by atoms with E-state index in [4.69, 9.17) is 0 Å². The van der Waals surface area contributed by atoms with Crippen molar-refractivity contribution in [1.29, 1.82) is 0 Å². The van der Waals surface area contributed by atoms with Crippen molar-refractivity contribution in [2.24, 2.45) is 4.99 Å². The average molecular weight is 483 g/mol. The first-order valence-corrected chi connectivity index (χ1v) is 7.87. The summed E-state index contributed by atoms with van der Waals surface area (Å²) in [6.07, 6.45) is 1.03. The van der Waals surface area contributed by atoms with E-state index in [0.717, 1.165) is 16.9 Å². The van der Waals surface area contributed by atoms with Gasteiger partial charge >= 0.3 is 0 Å². The Labute approximate surface area is 157 Å². The largest absolute Gasteiger partial charge is 0.355 e. The third-order valence-corrected chi connectivity index (χ3v) is 3.56. The van der Waals surface area contributed by atoms with E-state index in [2.05, 4.69) is 50.7 Å². The third kappa shape index (κ3) is 7.98. The van der Waals surface area contributed by atoms with Crippen LogP contribution in [-0.2, 0) is 0 Å². The Bertz CT molecular complexity index is 479. The number of nitrogens with zero attached hydrogens (tertiary/aromatic N) is 1. The smallest absolute Gasteiger partial charge is 0.251 e. The van der Waals surface area contributed by atoms with Crippen LogP contribution in [0.15, 0.2) is 33.7 Å². The number of aliphatic imine (C=N–C) groups is 1. The van der Waals surface area contributed by atoms with Gasteiger partial charge in [-0.05, 0) is 37.6 Å². The molecule has 1 unspecified atom stereocenters. The molecule has 0 aliphatic rings. The molecule has 1 rings (SSSR count). The molecule has 0 aliphatic carbocycles. The standard InChI is InChI=1S/C15H23BrN4O.HI/c1-4-11(2)20-15(17-3)19-10-9-18-14(21)12-5-7-13(16)8-6-12;/h5-8,11H,4,9-10H2,1-3H3,(H,18,21)(H2,17,19,20);1H. The van der Waals surface area contributed by atoms with Crippen molar-refractivity contribution < 1.29 is 4.79 Å². The molecule has 0 saturated carbocycles. The predicted octanol–water partition coefficient (Wildman–Crippen LogP) is 2.76. The van der Waals surface area contributed by atoms with Crippen LogP contribution in [0, 0.1) is 0 Å². The molecule has 124 valence electrons. The Morgan fingerprint density at radius 3 is 2.36 bits per heavy atom. The number of guanidine groups is 1. The van der Waals surface area contributed by atoms with Crippen LogP contribution in [-0.4, -0.2) is 38.0 Å². The lowest BCUT2D eigenvalue weighted by Crippen LogP contribution is -2.44. The molecule has 0 saturated heterocycles. The van der Waals surface area contributed by atoms with Crippen LogP contribution in [0.5, 0.6) is 0 Å². The van der Waals surface area contributed by atoms with Gasteiger partial charge < -0.3 is 16.0 Å². The zero-order valence-electron chi connectivity index (χ0n) is 13.1. The van der Waals surface area contributed by atoms with Crippen molar-refractivity contribution in [2.45, 2.75) is 26.3 Å². The lowest BCUT2D eigenvalue weighted by atomic mass is 10.2. The molecule has 1 atom stereocenters. The number of hydrogen-bond donors (Lipinski definition) is 3. The summed E-state index contributed by atoms with van der Waals surface area (Å²) in [5, 5.41) is 9.30. The quantitative estimate of drug-likeness (QED) is 0.253. The zero-order valence-corrected chi connectivity index (χ0v) is 17.1. The Hall–Kier alpha value is -0.830. The van der Waals surface area contributed by atoms with Crippen LogP contribution >= 0.6 is 39.9 Å². The first kappa shape index (κ1) is 21.2. The third-order valence-electron chi connectivity index (χ3n) is 3.03. The van der Waals surface area contributed by atoms with E-state index in [1.54, 1.807) is 19.2 Å². The summed E-state index contributed by atoms with van der Waals surface area (Å²) < 4.78 is 0.959. The molecule has 0 aliphatic heterocycles. The van der Waals surface area contributed by atoms with Gasteiger partial charge in [0.1, 0.15) is 0 Å². The predicted molar refractivity (Wildman–Crippen MR) is 106 cm³/mol. The minimum Gasteiger partial charge on any atom is -0.355 e. The maximum Gasteiger partial charge on any atom is 0.251 e. The summed E-state index contributed by atoms with van der Waals surface area (Å²) in [6.45, 7) is 5.38. The number of carbonyl (C=O) groups is 1. The second-order valence-electron chi connectivity index (χ2n) is 4.72. The van der Waals surface area contributed by atoms with Gasteiger partial charge in [-0.1, -0.05) is 22.9 Å². The van der Waals surface area contributed by atoms with Crippen LogP contribution in [0.2, 0.25) is 0 Å². The second kappa shape index (κ2) is 11.7. The Kier molecular flexibility index (Phi) is 11.3. The summed E-state index contributed by atoms with van der Waals surface area (Å²) in [6, 6.07) is 7.65. The van der Waals surface area contributed by atoms with Crippen LogP contribution in [0.4, 0.5) is 0 Å². The number of rotatable bonds is 6. The minimum atomic E-state index is -0.0748. The number of amides is 1. The maximum absolute atomic E-state index is 11.9. The average Bonchev–Trinajstić information content (AvgIpc) is 2.50. The summed E-state index contributed by atoms with van der Waals surface area (Å²) in [7, 11) is 1.73. The van der Waals surface area contributed by atoms with Crippen molar-refractivity contribution in [3.05, 3.63) is 34.3 Å². The van der Waals surface area contributed by atoms with E-state index in [1.165, 1.54) is 0 Å². The van der Waals surface area contributed by atoms with Crippen LogP contribution < -0.4 is 16.0 Å². The van der Waals surface area contributed by atoms with E-state index < -0.39 is 0 Å². The van der Waals surface area contributed by atoms with E-state index in [9.17, 15) is 4.79 Å². The summed E-state index contributed by atoms with van der Waals surface area (Å²) in [5.74, 6) is 0.677. The number of hydrogen-bond acceptors (Lipinski definition) is 2. The zero-order chi connectivity index (χ0) is 15.7. The highest BCUT2D eigenvalue weighted by Crippen LogP contribution is 2.10.